The van der Waals surface area contributed by atoms with E-state index in [2.05, 4.69) is 56.5 Å². The molecule has 5 nitrogen and oxygen atoms in total. The predicted molar refractivity (Wildman–Crippen MR) is 108 cm³/mol. The number of nitrogens with one attached hydrogen (secondary N) is 2. The van der Waals surface area contributed by atoms with E-state index in [-0.39, 0.29) is 6.03 Å². The zero-order valence-corrected chi connectivity index (χ0v) is 16.6. The Morgan fingerprint density at radius 3 is 2.32 bits per heavy atom. The average molecular weight is 363 g/mol. The fourth-order valence-electron chi connectivity index (χ4n) is 2.99. The van der Waals surface area contributed by atoms with Gasteiger partial charge in [-0.25, -0.2) is 9.80 Å². The summed E-state index contributed by atoms with van der Waals surface area (Å²) in [5.74, 6) is 0.506. The summed E-state index contributed by atoms with van der Waals surface area (Å²) in [6.07, 6.45) is 2.70. The maximum absolute atomic E-state index is 12.9. The minimum atomic E-state index is -0.109. The second kappa shape index (κ2) is 9.04. The van der Waals surface area contributed by atoms with Crippen molar-refractivity contribution < 1.29 is 4.79 Å². The quantitative estimate of drug-likeness (QED) is 0.782. The summed E-state index contributed by atoms with van der Waals surface area (Å²) in [5, 5.41) is 10.6. The summed E-state index contributed by atoms with van der Waals surface area (Å²) < 4.78 is 0. The van der Waals surface area contributed by atoms with Crippen molar-refractivity contribution in [3.63, 3.8) is 0 Å². The molecule has 2 rings (SSSR count). The van der Waals surface area contributed by atoms with Crippen LogP contribution in [0.15, 0.2) is 18.2 Å². The monoisotopic (exact) mass is 362 g/mol. The third kappa shape index (κ3) is 4.84. The van der Waals surface area contributed by atoms with Crippen molar-refractivity contribution in [2.75, 3.05) is 25.0 Å². The standard InChI is InChI=1S/C19H30N4OS/c1-5-15-9-7-10-16(6-2)17(15)21-18(24)22-11-8-12-23(22)19(25)20-13-14(3)4/h7,9-10,14H,5-6,8,11-13H2,1-4H3,(H,20,25)(H,21,24). The first kappa shape index (κ1) is 19.5. The van der Waals surface area contributed by atoms with Crippen LogP contribution in [0.2, 0.25) is 0 Å². The first-order valence-corrected chi connectivity index (χ1v) is 9.63. The molecule has 25 heavy (non-hydrogen) atoms. The summed E-state index contributed by atoms with van der Waals surface area (Å²) in [4.78, 5) is 12.9. The molecular weight excluding hydrogens is 332 g/mol. The summed E-state index contributed by atoms with van der Waals surface area (Å²) in [6, 6.07) is 6.10. The molecule has 0 aromatic heterocycles. The van der Waals surface area contributed by atoms with E-state index in [1.54, 1.807) is 5.01 Å². The molecule has 0 aliphatic carbocycles. The maximum Gasteiger partial charge on any atom is 0.340 e. The van der Waals surface area contributed by atoms with E-state index < -0.39 is 0 Å². The van der Waals surface area contributed by atoms with Crippen LogP contribution >= 0.6 is 12.2 Å². The lowest BCUT2D eigenvalue weighted by Crippen LogP contribution is -2.51. The van der Waals surface area contributed by atoms with E-state index in [1.807, 2.05) is 5.01 Å². The molecule has 0 bridgehead atoms. The van der Waals surface area contributed by atoms with Crippen LogP contribution in [0.25, 0.3) is 0 Å². The minimum Gasteiger partial charge on any atom is -0.361 e. The molecule has 0 spiro atoms. The number of benzene rings is 1. The first-order valence-electron chi connectivity index (χ1n) is 9.22. The van der Waals surface area contributed by atoms with Crippen LogP contribution in [0.1, 0.15) is 45.2 Å². The molecule has 6 heteroatoms. The van der Waals surface area contributed by atoms with Crippen molar-refractivity contribution in [1.29, 1.82) is 0 Å². The van der Waals surface area contributed by atoms with Crippen LogP contribution in [-0.4, -0.2) is 40.8 Å². The zero-order valence-electron chi connectivity index (χ0n) is 15.8. The number of thiocarbonyl (C=S) groups is 1. The Morgan fingerprint density at radius 1 is 1.16 bits per heavy atom. The van der Waals surface area contributed by atoms with Gasteiger partial charge in [-0.05, 0) is 48.5 Å². The van der Waals surface area contributed by atoms with Crippen molar-refractivity contribution in [2.24, 2.45) is 5.92 Å². The molecule has 1 aliphatic heterocycles. The number of amides is 2. The average Bonchev–Trinajstić information content (AvgIpc) is 3.09. The van der Waals surface area contributed by atoms with Gasteiger partial charge in [0.2, 0.25) is 0 Å². The first-order chi connectivity index (χ1) is 12.0. The Kier molecular flexibility index (Phi) is 7.05. The van der Waals surface area contributed by atoms with Gasteiger partial charge in [-0.2, -0.15) is 0 Å². The second-order valence-electron chi connectivity index (χ2n) is 6.77. The lowest BCUT2D eigenvalue weighted by atomic mass is 10.0. The van der Waals surface area contributed by atoms with Gasteiger partial charge in [0.1, 0.15) is 0 Å². The Bertz CT molecular complexity index is 595. The van der Waals surface area contributed by atoms with Gasteiger partial charge < -0.3 is 10.6 Å². The van der Waals surface area contributed by atoms with Crippen molar-refractivity contribution in [2.45, 2.75) is 47.0 Å². The number of hydrogen-bond acceptors (Lipinski definition) is 2. The molecule has 1 saturated heterocycles. The van der Waals surface area contributed by atoms with Crippen LogP contribution in [-0.2, 0) is 12.8 Å². The fourth-order valence-corrected chi connectivity index (χ4v) is 3.26. The van der Waals surface area contributed by atoms with Crippen molar-refractivity contribution in [3.05, 3.63) is 29.3 Å². The van der Waals surface area contributed by atoms with Gasteiger partial charge in [0.15, 0.2) is 5.11 Å². The molecule has 0 saturated carbocycles. The Hall–Kier alpha value is -1.82. The molecule has 0 radical (unpaired) electrons. The van der Waals surface area contributed by atoms with Crippen LogP contribution in [0.3, 0.4) is 0 Å². The van der Waals surface area contributed by atoms with Crippen molar-refractivity contribution in [1.82, 2.24) is 15.3 Å². The Balaban J connectivity index is 2.11. The highest BCUT2D eigenvalue weighted by Crippen LogP contribution is 2.24. The van der Waals surface area contributed by atoms with Crippen LogP contribution < -0.4 is 10.6 Å². The van der Waals surface area contributed by atoms with Crippen LogP contribution in [0.5, 0.6) is 0 Å². The summed E-state index contributed by atoms with van der Waals surface area (Å²) >= 11 is 5.48. The Labute approximate surface area is 156 Å². The molecule has 1 aromatic rings. The molecular formula is C19H30N4OS. The molecule has 1 fully saturated rings. The van der Waals surface area contributed by atoms with Crippen molar-refractivity contribution in [3.8, 4) is 0 Å². The van der Waals surface area contributed by atoms with Crippen LogP contribution in [0.4, 0.5) is 10.5 Å². The molecule has 2 N–H and O–H groups in total. The number of nitrogens with zero attached hydrogens (tertiary/aromatic N) is 2. The SMILES string of the molecule is CCc1cccc(CC)c1NC(=O)N1CCCN1C(=S)NCC(C)C. The predicted octanol–water partition coefficient (Wildman–Crippen LogP) is 3.80. The van der Waals surface area contributed by atoms with Gasteiger partial charge in [0, 0.05) is 25.3 Å². The normalized spacial score (nSPS) is 14.1. The van der Waals surface area contributed by atoms with Crippen LogP contribution in [0, 0.1) is 5.92 Å². The lowest BCUT2D eigenvalue weighted by molar-refractivity contribution is 0.135. The van der Waals surface area contributed by atoms with Gasteiger partial charge in [0.05, 0.1) is 0 Å². The summed E-state index contributed by atoms with van der Waals surface area (Å²) in [6.45, 7) is 10.8. The highest BCUT2D eigenvalue weighted by Gasteiger charge is 2.29. The van der Waals surface area contributed by atoms with E-state index in [9.17, 15) is 4.79 Å². The van der Waals surface area contributed by atoms with Crippen molar-refractivity contribution >= 4 is 29.0 Å². The van der Waals surface area contributed by atoms with E-state index in [0.29, 0.717) is 17.6 Å². The summed E-state index contributed by atoms with van der Waals surface area (Å²) in [7, 11) is 0. The molecule has 1 heterocycles. The number of anilines is 1. The third-order valence-electron chi connectivity index (χ3n) is 4.39. The maximum atomic E-state index is 12.9. The second-order valence-corrected chi connectivity index (χ2v) is 7.15. The highest BCUT2D eigenvalue weighted by molar-refractivity contribution is 7.80. The largest absolute Gasteiger partial charge is 0.361 e. The molecule has 0 unspecified atom stereocenters. The van der Waals surface area contributed by atoms with E-state index in [0.717, 1.165) is 38.0 Å². The van der Waals surface area contributed by atoms with Gasteiger partial charge in [-0.3, -0.25) is 5.01 Å². The number of hydrazine groups is 1. The zero-order chi connectivity index (χ0) is 18.4. The molecule has 0 atom stereocenters. The number of para-hydroxylation sites is 1. The summed E-state index contributed by atoms with van der Waals surface area (Å²) in [5.41, 5.74) is 3.28. The number of urea groups is 1. The molecule has 138 valence electrons. The highest BCUT2D eigenvalue weighted by atomic mass is 32.1. The topological polar surface area (TPSA) is 47.6 Å². The number of hydrogen-bond donors (Lipinski definition) is 2. The molecule has 1 aromatic carbocycles. The number of carbonyl (C=O) groups excluding carboxylic acids is 1. The number of carbonyl (C=O) groups is 1. The van der Waals surface area contributed by atoms with E-state index in [1.165, 1.54) is 11.1 Å². The number of aryl methyl sites for hydroxylation is 2. The Morgan fingerprint density at radius 2 is 1.76 bits per heavy atom. The fraction of sp³-hybridized carbons (Fsp3) is 0.579. The van der Waals surface area contributed by atoms with Gasteiger partial charge >= 0.3 is 6.03 Å². The van der Waals surface area contributed by atoms with E-state index in [4.69, 9.17) is 12.2 Å². The molecule has 2 amide bonds. The van der Waals surface area contributed by atoms with E-state index >= 15 is 0 Å². The minimum absolute atomic E-state index is 0.109. The van der Waals surface area contributed by atoms with Gasteiger partial charge in [-0.15, -0.1) is 0 Å². The smallest absolute Gasteiger partial charge is 0.340 e. The third-order valence-corrected chi connectivity index (χ3v) is 4.75. The van der Waals surface area contributed by atoms with Gasteiger partial charge in [0.25, 0.3) is 0 Å². The number of rotatable bonds is 5. The lowest BCUT2D eigenvalue weighted by Gasteiger charge is -2.31. The molecule has 1 aliphatic rings. The van der Waals surface area contributed by atoms with Gasteiger partial charge in [-0.1, -0.05) is 45.9 Å².